The van der Waals surface area contributed by atoms with Gasteiger partial charge < -0.3 is 10.5 Å². The lowest BCUT2D eigenvalue weighted by Crippen LogP contribution is -1.94. The fourth-order valence-electron chi connectivity index (χ4n) is 1.56. The molecule has 94 valence electrons. The molecule has 0 spiro atoms. The second kappa shape index (κ2) is 5.78. The highest BCUT2D eigenvalue weighted by Crippen LogP contribution is 2.33. The van der Waals surface area contributed by atoms with E-state index in [9.17, 15) is 4.39 Å². The van der Waals surface area contributed by atoms with E-state index in [4.69, 9.17) is 10.5 Å². The summed E-state index contributed by atoms with van der Waals surface area (Å²) in [5.41, 5.74) is 6.41. The van der Waals surface area contributed by atoms with Gasteiger partial charge in [-0.3, -0.25) is 0 Å². The first-order chi connectivity index (χ1) is 8.69. The third kappa shape index (κ3) is 3.17. The van der Waals surface area contributed by atoms with Crippen LogP contribution in [-0.2, 0) is 0 Å². The highest BCUT2D eigenvalue weighted by atomic mass is 32.2. The van der Waals surface area contributed by atoms with Crippen molar-refractivity contribution >= 4 is 17.4 Å². The molecule has 0 saturated carbocycles. The number of nitrogen functional groups attached to an aromatic ring is 1. The van der Waals surface area contributed by atoms with Gasteiger partial charge in [0.05, 0.1) is 6.61 Å². The maximum absolute atomic E-state index is 13.5. The van der Waals surface area contributed by atoms with Gasteiger partial charge in [0.1, 0.15) is 11.6 Å². The number of hydrogen-bond acceptors (Lipinski definition) is 3. The van der Waals surface area contributed by atoms with Gasteiger partial charge in [-0.1, -0.05) is 23.9 Å². The number of hydrogen-bond donors (Lipinski definition) is 1. The molecule has 0 saturated heterocycles. The van der Waals surface area contributed by atoms with Crippen LogP contribution in [0.3, 0.4) is 0 Å². The minimum Gasteiger partial charge on any atom is -0.494 e. The van der Waals surface area contributed by atoms with Gasteiger partial charge in [-0.25, -0.2) is 4.39 Å². The minimum absolute atomic E-state index is 0.233. The van der Waals surface area contributed by atoms with Crippen LogP contribution >= 0.6 is 11.8 Å². The van der Waals surface area contributed by atoms with E-state index in [0.717, 1.165) is 4.90 Å². The molecule has 0 fully saturated rings. The maximum atomic E-state index is 13.5. The Morgan fingerprint density at radius 1 is 1.22 bits per heavy atom. The zero-order valence-electron chi connectivity index (χ0n) is 10.0. The van der Waals surface area contributed by atoms with Crippen molar-refractivity contribution in [3.05, 3.63) is 48.3 Å². The van der Waals surface area contributed by atoms with E-state index in [1.165, 1.54) is 17.8 Å². The predicted octanol–water partition coefficient (Wildman–Crippen LogP) is 3.96. The van der Waals surface area contributed by atoms with Crippen molar-refractivity contribution in [1.29, 1.82) is 0 Å². The lowest BCUT2D eigenvalue weighted by atomic mass is 10.3. The Morgan fingerprint density at radius 3 is 2.72 bits per heavy atom. The number of rotatable bonds is 4. The first kappa shape index (κ1) is 12.8. The van der Waals surface area contributed by atoms with Gasteiger partial charge in [-0.15, -0.1) is 0 Å². The third-order valence-corrected chi connectivity index (χ3v) is 3.30. The molecule has 4 heteroatoms. The summed E-state index contributed by atoms with van der Waals surface area (Å²) in [5, 5.41) is 0. The average molecular weight is 263 g/mol. The van der Waals surface area contributed by atoms with E-state index in [1.54, 1.807) is 30.3 Å². The molecular formula is C14H14FNOS. The van der Waals surface area contributed by atoms with Gasteiger partial charge in [0.2, 0.25) is 0 Å². The van der Waals surface area contributed by atoms with Crippen LogP contribution in [0.2, 0.25) is 0 Å². The number of ether oxygens (including phenoxy) is 1. The van der Waals surface area contributed by atoms with Crippen molar-refractivity contribution in [1.82, 2.24) is 0 Å². The van der Waals surface area contributed by atoms with E-state index < -0.39 is 0 Å². The molecule has 0 amide bonds. The minimum atomic E-state index is -0.233. The maximum Gasteiger partial charge on any atom is 0.137 e. The Balaban J connectivity index is 2.26. The van der Waals surface area contributed by atoms with Crippen molar-refractivity contribution < 1.29 is 9.13 Å². The Labute approximate surface area is 110 Å². The van der Waals surface area contributed by atoms with Gasteiger partial charge >= 0.3 is 0 Å². The van der Waals surface area contributed by atoms with Crippen LogP contribution in [0.15, 0.2) is 52.3 Å². The summed E-state index contributed by atoms with van der Waals surface area (Å²) < 4.78 is 18.9. The first-order valence-corrected chi connectivity index (χ1v) is 6.46. The molecular weight excluding hydrogens is 249 g/mol. The summed E-state index contributed by atoms with van der Waals surface area (Å²) in [6.07, 6.45) is 0. The molecule has 2 rings (SSSR count). The molecule has 0 atom stereocenters. The first-order valence-electron chi connectivity index (χ1n) is 5.65. The van der Waals surface area contributed by atoms with Crippen LogP contribution in [0.25, 0.3) is 0 Å². The van der Waals surface area contributed by atoms with E-state index >= 15 is 0 Å². The summed E-state index contributed by atoms with van der Waals surface area (Å²) in [4.78, 5) is 1.44. The third-order valence-electron chi connectivity index (χ3n) is 2.28. The Hall–Kier alpha value is -1.68. The lowest BCUT2D eigenvalue weighted by Gasteiger charge is -2.08. The molecule has 0 aromatic heterocycles. The van der Waals surface area contributed by atoms with Crippen LogP contribution in [0.5, 0.6) is 5.75 Å². The van der Waals surface area contributed by atoms with Crippen molar-refractivity contribution in [2.24, 2.45) is 0 Å². The second-order valence-corrected chi connectivity index (χ2v) is 4.82. The molecule has 0 aliphatic rings. The predicted molar refractivity (Wildman–Crippen MR) is 72.5 cm³/mol. The van der Waals surface area contributed by atoms with Crippen LogP contribution in [-0.4, -0.2) is 6.61 Å². The van der Waals surface area contributed by atoms with Crippen molar-refractivity contribution in [3.8, 4) is 5.75 Å². The van der Waals surface area contributed by atoms with Gasteiger partial charge in [-0.2, -0.15) is 0 Å². The van der Waals surface area contributed by atoms with E-state index in [2.05, 4.69) is 0 Å². The van der Waals surface area contributed by atoms with Gasteiger partial charge in [0.15, 0.2) is 0 Å². The molecule has 2 N–H and O–H groups in total. The van der Waals surface area contributed by atoms with Gasteiger partial charge in [0.25, 0.3) is 0 Å². The van der Waals surface area contributed by atoms with Crippen LogP contribution < -0.4 is 10.5 Å². The summed E-state index contributed by atoms with van der Waals surface area (Å²) >= 11 is 1.33. The largest absolute Gasteiger partial charge is 0.494 e. The van der Waals surface area contributed by atoms with Crippen LogP contribution in [0, 0.1) is 5.82 Å². The Kier molecular flexibility index (Phi) is 4.10. The topological polar surface area (TPSA) is 35.2 Å². The Bertz CT molecular complexity index is 545. The summed E-state index contributed by atoms with van der Waals surface area (Å²) in [7, 11) is 0. The van der Waals surface area contributed by atoms with Crippen LogP contribution in [0.4, 0.5) is 10.1 Å². The SMILES string of the molecule is CCOc1cc(N)cc(Sc2ccccc2F)c1. The van der Waals surface area contributed by atoms with Crippen LogP contribution in [0.1, 0.15) is 6.92 Å². The zero-order chi connectivity index (χ0) is 13.0. The average Bonchev–Trinajstić information content (AvgIpc) is 2.32. The smallest absolute Gasteiger partial charge is 0.137 e. The number of halogens is 1. The van der Waals surface area contributed by atoms with E-state index in [1.807, 2.05) is 13.0 Å². The molecule has 0 aliphatic carbocycles. The molecule has 2 aromatic rings. The number of benzene rings is 2. The highest BCUT2D eigenvalue weighted by molar-refractivity contribution is 7.99. The molecule has 2 aromatic carbocycles. The monoisotopic (exact) mass is 263 g/mol. The molecule has 0 aliphatic heterocycles. The molecule has 2 nitrogen and oxygen atoms in total. The molecule has 0 radical (unpaired) electrons. The van der Waals surface area contributed by atoms with E-state index in [-0.39, 0.29) is 5.82 Å². The normalized spacial score (nSPS) is 10.3. The fourth-order valence-corrected chi connectivity index (χ4v) is 2.49. The fraction of sp³-hybridized carbons (Fsp3) is 0.143. The lowest BCUT2D eigenvalue weighted by molar-refractivity contribution is 0.339. The highest BCUT2D eigenvalue weighted by Gasteiger charge is 2.05. The number of nitrogens with two attached hydrogens (primary N) is 1. The standard InChI is InChI=1S/C14H14FNOS/c1-2-17-11-7-10(16)8-12(9-11)18-14-6-4-3-5-13(14)15/h3-9H,2,16H2,1H3. The Morgan fingerprint density at radius 2 is 2.00 bits per heavy atom. The summed E-state index contributed by atoms with van der Waals surface area (Å²) in [6, 6.07) is 12.1. The van der Waals surface area contributed by atoms with Crippen molar-refractivity contribution in [2.75, 3.05) is 12.3 Å². The summed E-state index contributed by atoms with van der Waals surface area (Å²) in [6.45, 7) is 2.49. The quantitative estimate of drug-likeness (QED) is 0.848. The molecule has 0 heterocycles. The molecule has 18 heavy (non-hydrogen) atoms. The second-order valence-electron chi connectivity index (χ2n) is 3.70. The van der Waals surface area contributed by atoms with E-state index in [0.29, 0.717) is 22.9 Å². The van der Waals surface area contributed by atoms with Crippen molar-refractivity contribution in [2.45, 2.75) is 16.7 Å². The van der Waals surface area contributed by atoms with Crippen molar-refractivity contribution in [3.63, 3.8) is 0 Å². The van der Waals surface area contributed by atoms with Gasteiger partial charge in [-0.05, 0) is 31.2 Å². The number of anilines is 1. The molecule has 0 unspecified atom stereocenters. The summed E-state index contributed by atoms with van der Waals surface area (Å²) in [5.74, 6) is 0.472. The zero-order valence-corrected chi connectivity index (χ0v) is 10.8. The molecule has 0 bridgehead atoms. The van der Waals surface area contributed by atoms with Gasteiger partial charge in [0, 0.05) is 21.5 Å².